The van der Waals surface area contributed by atoms with Crippen LogP contribution in [0.5, 0.6) is 11.6 Å². The van der Waals surface area contributed by atoms with Gasteiger partial charge in [0.25, 0.3) is 0 Å². The first-order chi connectivity index (χ1) is 19.7. The first-order valence-electron chi connectivity index (χ1n) is 15.1. The summed E-state index contributed by atoms with van der Waals surface area (Å²) in [6.45, 7) is 11.8. The van der Waals surface area contributed by atoms with E-state index in [1.165, 1.54) is 22.3 Å². The lowest BCUT2D eigenvalue weighted by Gasteiger charge is -2.34. The maximum atomic E-state index is 11.9. The molecule has 6 nitrogen and oxygen atoms in total. The Hall–Kier alpha value is -3.38. The largest absolute Gasteiger partial charge is 0.485 e. The van der Waals surface area contributed by atoms with E-state index in [1.807, 2.05) is 19.1 Å². The van der Waals surface area contributed by atoms with E-state index in [0.29, 0.717) is 17.8 Å². The minimum absolute atomic E-state index is 0.0296. The lowest BCUT2D eigenvalue weighted by Crippen LogP contribution is -2.33. The number of aliphatic carboxylic acids is 1. The molecular formula is C35H44N2O4. The number of benzene rings is 2. The number of aryl methyl sites for hydroxylation is 1. The molecule has 218 valence electrons. The summed E-state index contributed by atoms with van der Waals surface area (Å²) >= 11 is 0. The summed E-state index contributed by atoms with van der Waals surface area (Å²) in [5, 5.41) is 9.77. The molecule has 0 spiro atoms. The molecule has 2 aliphatic rings. The number of hydrogen-bond donors (Lipinski definition) is 1. The van der Waals surface area contributed by atoms with Gasteiger partial charge in [0.2, 0.25) is 5.88 Å². The molecule has 1 aliphatic heterocycles. The Morgan fingerprint density at radius 1 is 1.07 bits per heavy atom. The molecule has 0 saturated heterocycles. The van der Waals surface area contributed by atoms with Crippen molar-refractivity contribution >= 4 is 5.97 Å². The first kappa shape index (κ1) is 29.1. The van der Waals surface area contributed by atoms with Crippen molar-refractivity contribution < 1.29 is 19.4 Å². The van der Waals surface area contributed by atoms with Gasteiger partial charge in [0.15, 0.2) is 0 Å². The number of methoxy groups -OCH3 is 1. The number of carbonyl (C=O) groups is 1. The molecule has 2 heterocycles. The minimum Gasteiger partial charge on any atom is -0.485 e. The van der Waals surface area contributed by atoms with Crippen molar-refractivity contribution in [2.45, 2.75) is 84.4 Å². The molecule has 3 aromatic rings. The average Bonchev–Trinajstić information content (AvgIpc) is 3.82. The number of fused-ring (bicyclic) bond motifs is 1. The van der Waals surface area contributed by atoms with E-state index in [1.54, 1.807) is 13.3 Å². The minimum atomic E-state index is -0.727. The third-order valence-electron chi connectivity index (χ3n) is 9.16. The lowest BCUT2D eigenvalue weighted by atomic mass is 9.82. The van der Waals surface area contributed by atoms with Crippen LogP contribution < -0.4 is 9.47 Å². The Morgan fingerprint density at radius 3 is 2.51 bits per heavy atom. The van der Waals surface area contributed by atoms with Crippen LogP contribution in [0.25, 0.3) is 11.1 Å². The molecule has 1 aromatic heterocycles. The highest BCUT2D eigenvalue weighted by Crippen LogP contribution is 2.48. The van der Waals surface area contributed by atoms with E-state index >= 15 is 0 Å². The van der Waals surface area contributed by atoms with Crippen LogP contribution in [-0.2, 0) is 11.2 Å². The van der Waals surface area contributed by atoms with E-state index in [0.717, 1.165) is 49.1 Å². The highest BCUT2D eigenvalue weighted by Gasteiger charge is 2.39. The second kappa shape index (κ2) is 12.2. The monoisotopic (exact) mass is 556 g/mol. The predicted octanol–water partition coefficient (Wildman–Crippen LogP) is 7.83. The van der Waals surface area contributed by atoms with Crippen LogP contribution in [0.1, 0.15) is 94.2 Å². The van der Waals surface area contributed by atoms with Crippen LogP contribution in [0.2, 0.25) is 0 Å². The van der Waals surface area contributed by atoms with Gasteiger partial charge in [-0.15, -0.1) is 0 Å². The van der Waals surface area contributed by atoms with Crippen molar-refractivity contribution in [3.63, 3.8) is 0 Å². The van der Waals surface area contributed by atoms with E-state index in [2.05, 4.69) is 74.0 Å². The number of ether oxygens (including phenoxy) is 2. The number of hydrogen-bond acceptors (Lipinski definition) is 5. The van der Waals surface area contributed by atoms with Gasteiger partial charge in [-0.3, -0.25) is 9.69 Å². The van der Waals surface area contributed by atoms with Crippen LogP contribution in [-0.4, -0.2) is 40.7 Å². The zero-order valence-electron chi connectivity index (χ0n) is 25.3. The molecule has 0 bridgehead atoms. The molecule has 1 N–H and O–H groups in total. The fourth-order valence-electron chi connectivity index (χ4n) is 6.75. The van der Waals surface area contributed by atoms with E-state index in [-0.39, 0.29) is 18.1 Å². The maximum Gasteiger partial charge on any atom is 0.306 e. The number of nitrogens with zero attached hydrogens (tertiary/aromatic N) is 2. The zero-order chi connectivity index (χ0) is 29.3. The van der Waals surface area contributed by atoms with Gasteiger partial charge in [-0.1, -0.05) is 38.1 Å². The third-order valence-corrected chi connectivity index (χ3v) is 9.16. The molecule has 6 heteroatoms. The van der Waals surface area contributed by atoms with E-state index in [9.17, 15) is 9.90 Å². The second-order valence-corrected chi connectivity index (χ2v) is 12.0. The molecule has 4 atom stereocenters. The van der Waals surface area contributed by atoms with Gasteiger partial charge in [0.05, 0.1) is 13.0 Å². The Labute approximate surface area is 244 Å². The fourth-order valence-corrected chi connectivity index (χ4v) is 6.75. The van der Waals surface area contributed by atoms with Gasteiger partial charge in [-0.25, -0.2) is 4.98 Å². The summed E-state index contributed by atoms with van der Waals surface area (Å²) in [6, 6.07) is 17.8. The molecule has 41 heavy (non-hydrogen) atoms. The predicted molar refractivity (Wildman–Crippen MR) is 163 cm³/mol. The summed E-state index contributed by atoms with van der Waals surface area (Å²) < 4.78 is 12.1. The smallest absolute Gasteiger partial charge is 0.306 e. The molecule has 0 radical (unpaired) electrons. The fraction of sp³-hybridized carbons (Fsp3) is 0.486. The SMILES string of the molecule is CCN(C(C)C)C(C)c1cc(C2CCc3ccc([C@H](C4CC4)[C@H](C)C(=O)O)cc3O2)ccc1-c1ccnc(OC)c1. The number of pyridine rings is 1. The lowest BCUT2D eigenvalue weighted by molar-refractivity contribution is -0.142. The van der Waals surface area contributed by atoms with Crippen LogP contribution in [0.4, 0.5) is 0 Å². The quantitative estimate of drug-likeness (QED) is 0.260. The Balaban J connectivity index is 1.49. The molecule has 1 aliphatic carbocycles. The van der Waals surface area contributed by atoms with Gasteiger partial charge in [0.1, 0.15) is 11.9 Å². The van der Waals surface area contributed by atoms with Gasteiger partial charge in [0, 0.05) is 24.3 Å². The van der Waals surface area contributed by atoms with E-state index in [4.69, 9.17) is 9.47 Å². The van der Waals surface area contributed by atoms with Crippen molar-refractivity contribution in [1.82, 2.24) is 9.88 Å². The van der Waals surface area contributed by atoms with Crippen LogP contribution in [0.15, 0.2) is 54.7 Å². The first-order valence-corrected chi connectivity index (χ1v) is 15.1. The van der Waals surface area contributed by atoms with Gasteiger partial charge in [-0.2, -0.15) is 0 Å². The molecule has 2 unspecified atom stereocenters. The van der Waals surface area contributed by atoms with Gasteiger partial charge in [-0.05, 0) is 116 Å². The van der Waals surface area contributed by atoms with Gasteiger partial charge >= 0.3 is 5.97 Å². The highest BCUT2D eigenvalue weighted by atomic mass is 16.5. The zero-order valence-corrected chi connectivity index (χ0v) is 25.3. The third kappa shape index (κ3) is 6.13. The summed E-state index contributed by atoms with van der Waals surface area (Å²) in [6.07, 6.45) is 5.78. The van der Waals surface area contributed by atoms with Crippen molar-refractivity contribution in [3.8, 4) is 22.8 Å². The number of carboxylic acid groups (broad SMARTS) is 1. The van der Waals surface area contributed by atoms with Crippen molar-refractivity contribution in [3.05, 3.63) is 77.0 Å². The van der Waals surface area contributed by atoms with Crippen molar-refractivity contribution in [1.29, 1.82) is 0 Å². The summed E-state index contributed by atoms with van der Waals surface area (Å²) in [5.74, 6) is 0.842. The van der Waals surface area contributed by atoms with Crippen LogP contribution in [0.3, 0.4) is 0 Å². The molecule has 2 aromatic carbocycles. The highest BCUT2D eigenvalue weighted by molar-refractivity contribution is 5.71. The number of aromatic nitrogens is 1. The molecule has 0 amide bonds. The normalized spacial score (nSPS) is 18.9. The van der Waals surface area contributed by atoms with E-state index < -0.39 is 11.9 Å². The maximum absolute atomic E-state index is 11.9. The Kier molecular flexibility index (Phi) is 8.69. The molecule has 1 fully saturated rings. The summed E-state index contributed by atoms with van der Waals surface area (Å²) in [5.41, 5.74) is 6.99. The van der Waals surface area contributed by atoms with Crippen molar-refractivity contribution in [2.24, 2.45) is 11.8 Å². The Bertz CT molecular complexity index is 1380. The van der Waals surface area contributed by atoms with Crippen molar-refractivity contribution in [2.75, 3.05) is 13.7 Å². The topological polar surface area (TPSA) is 71.9 Å². The van der Waals surface area contributed by atoms with Crippen LogP contribution >= 0.6 is 0 Å². The van der Waals surface area contributed by atoms with Gasteiger partial charge < -0.3 is 14.6 Å². The number of carboxylic acids is 1. The molecular weight excluding hydrogens is 512 g/mol. The number of rotatable bonds is 11. The standard InChI is InChI=1S/C35H44N2O4/c1-7-37(21(2)3)23(5)30-18-27(12-14-29(30)26-16-17-36-33(20-26)40-6)31-15-13-24-8-11-28(19-32(24)41-31)34(25-9-10-25)22(4)35(38)39/h8,11-12,14,16-23,25,31,34H,7,9-10,13,15H2,1-6H3,(H,38,39)/t22-,23?,31?,34-/m0/s1. The Morgan fingerprint density at radius 2 is 1.85 bits per heavy atom. The molecule has 5 rings (SSSR count). The van der Waals surface area contributed by atoms with Crippen LogP contribution in [0, 0.1) is 11.8 Å². The summed E-state index contributed by atoms with van der Waals surface area (Å²) in [7, 11) is 1.65. The second-order valence-electron chi connectivity index (χ2n) is 12.0. The molecule has 1 saturated carbocycles. The average molecular weight is 557 g/mol. The summed E-state index contributed by atoms with van der Waals surface area (Å²) in [4.78, 5) is 18.7.